The molecule has 0 bridgehead atoms. The first kappa shape index (κ1) is 17.1. The number of nitrogens with zero attached hydrogens (tertiary/aromatic N) is 2. The second-order valence-electron chi connectivity index (χ2n) is 6.69. The maximum absolute atomic E-state index is 11.8. The van der Waals surface area contributed by atoms with Crippen molar-refractivity contribution >= 4 is 17.7 Å². The molecule has 1 unspecified atom stereocenters. The molecule has 21 heavy (non-hydrogen) atoms. The van der Waals surface area contributed by atoms with E-state index in [4.69, 9.17) is 0 Å². The number of likely N-dealkylation sites (N-methyl/N-ethyl adjacent to an activating group) is 1. The summed E-state index contributed by atoms with van der Waals surface area (Å²) in [6.07, 6.45) is 5.72. The summed E-state index contributed by atoms with van der Waals surface area (Å²) >= 11 is 2.10. The van der Waals surface area contributed by atoms with Crippen LogP contribution in [0.4, 0.5) is 0 Å². The minimum absolute atomic E-state index is 0.228. The van der Waals surface area contributed by atoms with Crippen LogP contribution in [0.5, 0.6) is 0 Å². The van der Waals surface area contributed by atoms with Crippen molar-refractivity contribution in [2.24, 2.45) is 5.92 Å². The lowest BCUT2D eigenvalue weighted by Crippen LogP contribution is -2.41. The molecule has 2 aliphatic heterocycles. The molecule has 122 valence electrons. The fraction of sp³-hybridized carbons (Fsp3) is 0.938. The van der Waals surface area contributed by atoms with Gasteiger partial charge in [0.15, 0.2) is 0 Å². The van der Waals surface area contributed by atoms with Gasteiger partial charge in [-0.15, -0.1) is 0 Å². The first-order valence-electron chi connectivity index (χ1n) is 8.38. The zero-order valence-electron chi connectivity index (χ0n) is 13.6. The fourth-order valence-corrected chi connectivity index (χ4v) is 4.51. The Morgan fingerprint density at radius 1 is 1.29 bits per heavy atom. The summed E-state index contributed by atoms with van der Waals surface area (Å²) in [7, 11) is 4.06. The Kier molecular flexibility index (Phi) is 7.34. The van der Waals surface area contributed by atoms with E-state index in [-0.39, 0.29) is 5.91 Å². The monoisotopic (exact) mass is 313 g/mol. The molecule has 1 atom stereocenters. The number of nitrogens with one attached hydrogen (secondary N) is 1. The summed E-state index contributed by atoms with van der Waals surface area (Å²) in [5, 5.41) is 3.01. The summed E-state index contributed by atoms with van der Waals surface area (Å²) in [6.45, 7) is 4.18. The second kappa shape index (κ2) is 9.01. The smallest absolute Gasteiger partial charge is 0.220 e. The molecule has 0 aromatic rings. The van der Waals surface area contributed by atoms with Gasteiger partial charge in [-0.3, -0.25) is 9.69 Å². The molecule has 5 heteroatoms. The third-order valence-corrected chi connectivity index (χ3v) is 5.88. The van der Waals surface area contributed by atoms with Crippen LogP contribution in [0.2, 0.25) is 0 Å². The third kappa shape index (κ3) is 6.17. The molecule has 4 nitrogen and oxygen atoms in total. The van der Waals surface area contributed by atoms with Gasteiger partial charge in [-0.1, -0.05) is 0 Å². The number of hydrogen-bond donors (Lipinski definition) is 1. The summed E-state index contributed by atoms with van der Waals surface area (Å²) in [4.78, 5) is 16.6. The Morgan fingerprint density at radius 3 is 2.67 bits per heavy atom. The Hall–Kier alpha value is -0.260. The van der Waals surface area contributed by atoms with Crippen molar-refractivity contribution in [3.05, 3.63) is 0 Å². The molecule has 2 aliphatic rings. The minimum atomic E-state index is 0.228. The van der Waals surface area contributed by atoms with Gasteiger partial charge >= 0.3 is 0 Å². The topological polar surface area (TPSA) is 35.6 Å². The van der Waals surface area contributed by atoms with Crippen LogP contribution in [0.3, 0.4) is 0 Å². The Labute approximate surface area is 134 Å². The Morgan fingerprint density at radius 2 is 2.05 bits per heavy atom. The van der Waals surface area contributed by atoms with Gasteiger partial charge in [0.25, 0.3) is 0 Å². The first-order chi connectivity index (χ1) is 10.1. The van der Waals surface area contributed by atoms with Gasteiger partial charge in [0.1, 0.15) is 0 Å². The van der Waals surface area contributed by atoms with Gasteiger partial charge in [0, 0.05) is 31.3 Å². The summed E-state index contributed by atoms with van der Waals surface area (Å²) in [5.74, 6) is 3.66. The number of thioether (sulfide) groups is 1. The normalized spacial score (nSPS) is 24.6. The maximum Gasteiger partial charge on any atom is 0.220 e. The zero-order chi connectivity index (χ0) is 15.1. The molecule has 0 aromatic carbocycles. The van der Waals surface area contributed by atoms with Crippen LogP contribution in [-0.4, -0.2) is 73.5 Å². The van der Waals surface area contributed by atoms with Crippen molar-refractivity contribution in [3.63, 3.8) is 0 Å². The number of amides is 1. The van der Waals surface area contributed by atoms with Gasteiger partial charge in [-0.2, -0.15) is 11.8 Å². The number of carbonyl (C=O) groups excluding carboxylic acids is 1. The lowest BCUT2D eigenvalue weighted by molar-refractivity contribution is -0.121. The van der Waals surface area contributed by atoms with E-state index in [1.54, 1.807) is 0 Å². The zero-order valence-corrected chi connectivity index (χ0v) is 14.5. The highest BCUT2D eigenvalue weighted by Gasteiger charge is 2.27. The number of likely N-dealkylation sites (tertiary alicyclic amines) is 1. The molecule has 2 heterocycles. The summed E-state index contributed by atoms with van der Waals surface area (Å²) in [6, 6.07) is 0.838. The van der Waals surface area contributed by atoms with E-state index in [9.17, 15) is 4.79 Å². The van der Waals surface area contributed by atoms with E-state index in [1.807, 2.05) is 14.1 Å². The number of hydrogen-bond acceptors (Lipinski definition) is 4. The molecule has 2 saturated heterocycles. The van der Waals surface area contributed by atoms with Crippen LogP contribution < -0.4 is 5.32 Å². The van der Waals surface area contributed by atoms with Crippen molar-refractivity contribution in [2.75, 3.05) is 51.8 Å². The van der Waals surface area contributed by atoms with E-state index in [1.165, 1.54) is 43.9 Å². The Balaban J connectivity index is 1.55. The van der Waals surface area contributed by atoms with Crippen LogP contribution in [0.1, 0.15) is 32.1 Å². The van der Waals surface area contributed by atoms with Crippen LogP contribution in [-0.2, 0) is 4.79 Å². The summed E-state index contributed by atoms with van der Waals surface area (Å²) in [5.41, 5.74) is 0. The van der Waals surface area contributed by atoms with E-state index in [2.05, 4.69) is 26.9 Å². The molecule has 1 amide bonds. The standard InChI is InChI=1S/C16H31N3OS/c1-18(2)11-8-17-16(20)4-3-14-5-9-19(10-6-14)15-7-12-21-13-15/h14-15H,3-13H2,1-2H3,(H,17,20). The van der Waals surface area contributed by atoms with Crippen LogP contribution >= 0.6 is 11.8 Å². The molecule has 0 spiro atoms. The third-order valence-electron chi connectivity index (χ3n) is 4.73. The maximum atomic E-state index is 11.8. The first-order valence-corrected chi connectivity index (χ1v) is 9.54. The Bertz CT molecular complexity index is 311. The van der Waals surface area contributed by atoms with Gasteiger partial charge < -0.3 is 10.2 Å². The van der Waals surface area contributed by atoms with Gasteiger partial charge in [-0.05, 0) is 64.5 Å². The average Bonchev–Trinajstić information content (AvgIpc) is 2.99. The van der Waals surface area contributed by atoms with E-state index in [0.29, 0.717) is 6.42 Å². The SMILES string of the molecule is CN(C)CCNC(=O)CCC1CCN(C2CCSC2)CC1. The second-order valence-corrected chi connectivity index (χ2v) is 7.84. The predicted molar refractivity (Wildman–Crippen MR) is 90.8 cm³/mol. The van der Waals surface area contributed by atoms with E-state index in [0.717, 1.165) is 31.5 Å². The lowest BCUT2D eigenvalue weighted by Gasteiger charge is -2.35. The predicted octanol–water partition coefficient (Wildman–Crippen LogP) is 1.66. The fourth-order valence-electron chi connectivity index (χ4n) is 3.26. The van der Waals surface area contributed by atoms with Crippen LogP contribution in [0.15, 0.2) is 0 Å². The molecular weight excluding hydrogens is 282 g/mol. The van der Waals surface area contributed by atoms with Crippen LogP contribution in [0.25, 0.3) is 0 Å². The molecule has 0 aromatic heterocycles. The highest BCUT2D eigenvalue weighted by molar-refractivity contribution is 7.99. The molecular formula is C16H31N3OS. The van der Waals surface area contributed by atoms with E-state index >= 15 is 0 Å². The van der Waals surface area contributed by atoms with Crippen molar-refractivity contribution < 1.29 is 4.79 Å². The molecule has 2 rings (SSSR count). The molecule has 0 saturated carbocycles. The van der Waals surface area contributed by atoms with Crippen molar-refractivity contribution in [2.45, 2.75) is 38.1 Å². The quantitative estimate of drug-likeness (QED) is 0.775. The highest BCUT2D eigenvalue weighted by atomic mass is 32.2. The van der Waals surface area contributed by atoms with Gasteiger partial charge in [0.2, 0.25) is 5.91 Å². The van der Waals surface area contributed by atoms with Gasteiger partial charge in [-0.25, -0.2) is 0 Å². The summed E-state index contributed by atoms with van der Waals surface area (Å²) < 4.78 is 0. The van der Waals surface area contributed by atoms with Crippen molar-refractivity contribution in [3.8, 4) is 0 Å². The number of carbonyl (C=O) groups is 1. The average molecular weight is 314 g/mol. The largest absolute Gasteiger partial charge is 0.355 e. The van der Waals surface area contributed by atoms with Crippen molar-refractivity contribution in [1.29, 1.82) is 0 Å². The lowest BCUT2D eigenvalue weighted by atomic mass is 9.91. The number of rotatable bonds is 7. The molecule has 0 aliphatic carbocycles. The molecule has 0 radical (unpaired) electrons. The van der Waals surface area contributed by atoms with E-state index < -0.39 is 0 Å². The minimum Gasteiger partial charge on any atom is -0.355 e. The molecule has 2 fully saturated rings. The van der Waals surface area contributed by atoms with Crippen LogP contribution in [0, 0.1) is 5.92 Å². The molecule has 1 N–H and O–H groups in total. The highest BCUT2D eigenvalue weighted by Crippen LogP contribution is 2.28. The number of piperidine rings is 1. The van der Waals surface area contributed by atoms with Gasteiger partial charge in [0.05, 0.1) is 0 Å². The van der Waals surface area contributed by atoms with Crippen molar-refractivity contribution in [1.82, 2.24) is 15.1 Å².